The van der Waals surface area contributed by atoms with Crippen LogP contribution in [0.25, 0.3) is 0 Å². The second kappa shape index (κ2) is 5.29. The molecule has 0 unspecified atom stereocenters. The van der Waals surface area contributed by atoms with Gasteiger partial charge in [0.15, 0.2) is 5.71 Å². The molecular formula is C9H9N3O4S. The lowest BCUT2D eigenvalue weighted by molar-refractivity contribution is 0.340. The minimum atomic E-state index is -4.21. The van der Waals surface area contributed by atoms with E-state index >= 15 is 0 Å². The number of methoxy groups -OCH3 is 1. The van der Waals surface area contributed by atoms with Gasteiger partial charge in [0.05, 0.1) is 7.11 Å². The third kappa shape index (κ3) is 4.10. The van der Waals surface area contributed by atoms with E-state index in [0.717, 1.165) is 0 Å². The minimum absolute atomic E-state index is 0.207. The van der Waals surface area contributed by atoms with E-state index in [4.69, 9.17) is 10.00 Å². The van der Waals surface area contributed by atoms with E-state index < -0.39 is 10.3 Å². The summed E-state index contributed by atoms with van der Waals surface area (Å²) in [5, 5.41) is 16.5. The van der Waals surface area contributed by atoms with Gasteiger partial charge in [-0.25, -0.2) is 0 Å². The number of hydrogen-bond acceptors (Lipinski definition) is 6. The van der Waals surface area contributed by atoms with Crippen molar-refractivity contribution in [2.75, 3.05) is 7.11 Å². The highest BCUT2D eigenvalue weighted by Gasteiger charge is 2.07. The van der Waals surface area contributed by atoms with Crippen molar-refractivity contribution in [3.8, 4) is 11.8 Å². The van der Waals surface area contributed by atoms with Gasteiger partial charge in [0, 0.05) is 5.56 Å². The summed E-state index contributed by atoms with van der Waals surface area (Å²) in [6.07, 6.45) is 0. The molecule has 0 amide bonds. The van der Waals surface area contributed by atoms with E-state index in [1.165, 1.54) is 19.2 Å². The number of hydrogen-bond donors (Lipinski definition) is 1. The molecular weight excluding hydrogens is 246 g/mol. The van der Waals surface area contributed by atoms with Crippen LogP contribution in [0.1, 0.15) is 5.56 Å². The van der Waals surface area contributed by atoms with Gasteiger partial charge in [-0.3, -0.25) is 4.28 Å². The first-order valence-corrected chi connectivity index (χ1v) is 5.77. The predicted molar refractivity (Wildman–Crippen MR) is 59.3 cm³/mol. The quantitative estimate of drug-likeness (QED) is 0.607. The van der Waals surface area contributed by atoms with Crippen molar-refractivity contribution >= 4 is 16.0 Å². The highest BCUT2D eigenvalue weighted by atomic mass is 32.2. The zero-order valence-corrected chi connectivity index (χ0v) is 9.64. The number of oxime groups is 1. The van der Waals surface area contributed by atoms with Crippen LogP contribution in [-0.4, -0.2) is 21.2 Å². The van der Waals surface area contributed by atoms with Gasteiger partial charge < -0.3 is 4.74 Å². The van der Waals surface area contributed by atoms with Crippen molar-refractivity contribution in [1.29, 1.82) is 5.26 Å². The molecule has 90 valence electrons. The number of rotatable bonds is 4. The average molecular weight is 255 g/mol. The van der Waals surface area contributed by atoms with Crippen LogP contribution in [0.3, 0.4) is 0 Å². The summed E-state index contributed by atoms with van der Waals surface area (Å²) >= 11 is 0. The summed E-state index contributed by atoms with van der Waals surface area (Å²) in [5.41, 5.74) is 0.179. The molecule has 1 rings (SSSR count). The SMILES string of the molecule is COc1ccc(C(C#N)=NOS(N)(=O)=O)cc1. The molecule has 0 radical (unpaired) electrons. The second-order valence-electron chi connectivity index (χ2n) is 2.85. The lowest BCUT2D eigenvalue weighted by Crippen LogP contribution is -2.14. The van der Waals surface area contributed by atoms with Gasteiger partial charge in [-0.15, -0.1) is 0 Å². The van der Waals surface area contributed by atoms with Crippen molar-refractivity contribution in [2.24, 2.45) is 10.3 Å². The Morgan fingerprint density at radius 2 is 2.00 bits per heavy atom. The fourth-order valence-corrected chi connectivity index (χ4v) is 1.15. The van der Waals surface area contributed by atoms with Gasteiger partial charge in [-0.05, 0) is 24.3 Å². The summed E-state index contributed by atoms with van der Waals surface area (Å²) in [4.78, 5) is 0. The standard InChI is InChI=1S/C9H9N3O4S/c1-15-8-4-2-7(3-5-8)9(6-10)12-16-17(11,13)14/h2-5H,1H3,(H2,11,13,14). The molecule has 0 aliphatic heterocycles. The Balaban J connectivity index is 2.98. The van der Waals surface area contributed by atoms with Crippen LogP contribution in [0.2, 0.25) is 0 Å². The van der Waals surface area contributed by atoms with Crippen LogP contribution in [-0.2, 0) is 14.6 Å². The molecule has 0 bridgehead atoms. The third-order valence-electron chi connectivity index (χ3n) is 1.70. The van der Waals surface area contributed by atoms with Crippen molar-refractivity contribution in [3.63, 3.8) is 0 Å². The Morgan fingerprint density at radius 3 is 2.41 bits per heavy atom. The van der Waals surface area contributed by atoms with E-state index in [1.807, 2.05) is 0 Å². The summed E-state index contributed by atoms with van der Waals surface area (Å²) in [5.74, 6) is 0.596. The topological polar surface area (TPSA) is 115 Å². The van der Waals surface area contributed by atoms with Gasteiger partial charge in [0.1, 0.15) is 11.8 Å². The molecule has 0 spiro atoms. The fourth-order valence-electron chi connectivity index (χ4n) is 0.976. The first-order valence-electron chi connectivity index (χ1n) is 4.30. The number of ether oxygens (including phenoxy) is 1. The van der Waals surface area contributed by atoms with E-state index in [-0.39, 0.29) is 5.71 Å². The van der Waals surface area contributed by atoms with Gasteiger partial charge in [0.25, 0.3) is 0 Å². The Labute approximate surface area is 98.3 Å². The maximum atomic E-state index is 10.5. The Hall–Kier alpha value is -2.11. The molecule has 7 nitrogen and oxygen atoms in total. The zero-order valence-electron chi connectivity index (χ0n) is 8.82. The molecule has 0 fully saturated rings. The molecule has 1 aromatic carbocycles. The molecule has 0 atom stereocenters. The lowest BCUT2D eigenvalue weighted by Gasteiger charge is -2.01. The molecule has 2 N–H and O–H groups in total. The number of nitriles is 1. The van der Waals surface area contributed by atoms with Crippen LogP contribution in [0.5, 0.6) is 5.75 Å². The molecule has 1 aromatic rings. The third-order valence-corrected chi connectivity index (χ3v) is 1.98. The normalized spacial score (nSPS) is 11.7. The number of benzene rings is 1. The van der Waals surface area contributed by atoms with Crippen molar-refractivity contribution in [1.82, 2.24) is 0 Å². The van der Waals surface area contributed by atoms with E-state index in [9.17, 15) is 8.42 Å². The molecule has 0 heterocycles. The van der Waals surface area contributed by atoms with E-state index in [0.29, 0.717) is 11.3 Å². The first-order chi connectivity index (χ1) is 7.96. The van der Waals surface area contributed by atoms with Crippen LogP contribution in [0, 0.1) is 11.3 Å². The molecule has 0 saturated carbocycles. The highest BCUT2D eigenvalue weighted by molar-refractivity contribution is 7.84. The molecule has 0 aromatic heterocycles. The molecule has 0 saturated heterocycles. The lowest BCUT2D eigenvalue weighted by atomic mass is 10.1. The van der Waals surface area contributed by atoms with Crippen LogP contribution < -0.4 is 9.88 Å². The average Bonchev–Trinajstić information content (AvgIpc) is 2.29. The molecule has 17 heavy (non-hydrogen) atoms. The number of nitrogens with two attached hydrogens (primary N) is 1. The van der Waals surface area contributed by atoms with Crippen molar-refractivity contribution in [2.45, 2.75) is 0 Å². The van der Waals surface area contributed by atoms with Crippen LogP contribution >= 0.6 is 0 Å². The first kappa shape index (κ1) is 13.0. The minimum Gasteiger partial charge on any atom is -0.497 e. The molecule has 0 aliphatic rings. The highest BCUT2D eigenvalue weighted by Crippen LogP contribution is 2.12. The largest absolute Gasteiger partial charge is 0.497 e. The van der Waals surface area contributed by atoms with Crippen molar-refractivity contribution in [3.05, 3.63) is 29.8 Å². The Bertz CT molecular complexity index is 557. The van der Waals surface area contributed by atoms with Gasteiger partial charge in [0.2, 0.25) is 0 Å². The van der Waals surface area contributed by atoms with E-state index in [2.05, 4.69) is 14.6 Å². The fraction of sp³-hybridized carbons (Fsp3) is 0.111. The zero-order chi connectivity index (χ0) is 12.9. The van der Waals surface area contributed by atoms with Crippen LogP contribution in [0.4, 0.5) is 0 Å². The Kier molecular flexibility index (Phi) is 4.03. The van der Waals surface area contributed by atoms with Gasteiger partial charge in [-0.1, -0.05) is 5.16 Å². The summed E-state index contributed by atoms with van der Waals surface area (Å²) < 4.78 is 29.9. The maximum Gasteiger partial charge on any atom is 0.399 e. The van der Waals surface area contributed by atoms with Crippen LogP contribution in [0.15, 0.2) is 29.4 Å². The maximum absolute atomic E-state index is 10.5. The predicted octanol–water partition coefficient (Wildman–Crippen LogP) is 0.143. The molecule has 8 heteroatoms. The summed E-state index contributed by atoms with van der Waals surface area (Å²) in [6.45, 7) is 0. The number of nitrogens with zero attached hydrogens (tertiary/aromatic N) is 2. The summed E-state index contributed by atoms with van der Waals surface area (Å²) in [6, 6.07) is 7.96. The van der Waals surface area contributed by atoms with Gasteiger partial charge >= 0.3 is 10.3 Å². The van der Waals surface area contributed by atoms with Gasteiger partial charge in [-0.2, -0.15) is 18.8 Å². The smallest absolute Gasteiger partial charge is 0.399 e. The summed E-state index contributed by atoms with van der Waals surface area (Å²) in [7, 11) is -2.71. The monoisotopic (exact) mass is 255 g/mol. The Morgan fingerprint density at radius 1 is 1.41 bits per heavy atom. The van der Waals surface area contributed by atoms with E-state index in [1.54, 1.807) is 18.2 Å². The molecule has 0 aliphatic carbocycles. The van der Waals surface area contributed by atoms with Crippen molar-refractivity contribution < 1.29 is 17.4 Å². The second-order valence-corrected chi connectivity index (χ2v) is 3.98.